The summed E-state index contributed by atoms with van der Waals surface area (Å²) in [6.07, 6.45) is 4.90. The number of hydrogen-bond donors (Lipinski definition) is 0. The van der Waals surface area contributed by atoms with Gasteiger partial charge in [0.25, 0.3) is 0 Å². The molecule has 3 nitrogen and oxygen atoms in total. The van der Waals surface area contributed by atoms with E-state index < -0.39 is 11.7 Å². The lowest BCUT2D eigenvalue weighted by Gasteiger charge is -2.22. The Morgan fingerprint density at radius 1 is 1.40 bits per heavy atom. The van der Waals surface area contributed by atoms with Crippen molar-refractivity contribution >= 4 is 5.78 Å². The van der Waals surface area contributed by atoms with Crippen molar-refractivity contribution in [1.29, 1.82) is 5.26 Å². The number of ether oxygens (including phenoxy) is 1. The molecule has 1 aliphatic rings. The molecule has 0 aromatic heterocycles. The van der Waals surface area contributed by atoms with E-state index in [-0.39, 0.29) is 17.5 Å². The molecule has 1 atom stereocenters. The first-order valence-corrected chi connectivity index (χ1v) is 6.94. The molecule has 1 aliphatic carbocycles. The van der Waals surface area contributed by atoms with Crippen LogP contribution < -0.4 is 4.74 Å². The van der Waals surface area contributed by atoms with Crippen molar-refractivity contribution in [1.82, 2.24) is 0 Å². The SMILES string of the molecule is COc1ccc(C(C#N)C(=O)C2CCCCC2)cc1F. The third kappa shape index (κ3) is 2.98. The van der Waals surface area contributed by atoms with Gasteiger partial charge in [0.15, 0.2) is 17.3 Å². The number of benzene rings is 1. The normalized spacial score (nSPS) is 17.2. The fourth-order valence-electron chi connectivity index (χ4n) is 2.79. The van der Waals surface area contributed by atoms with Gasteiger partial charge in [-0.25, -0.2) is 4.39 Å². The van der Waals surface area contributed by atoms with Gasteiger partial charge in [0, 0.05) is 5.92 Å². The quantitative estimate of drug-likeness (QED) is 0.843. The predicted molar refractivity (Wildman–Crippen MR) is 72.9 cm³/mol. The number of nitrogens with zero attached hydrogens (tertiary/aromatic N) is 1. The minimum Gasteiger partial charge on any atom is -0.494 e. The van der Waals surface area contributed by atoms with Gasteiger partial charge in [-0.1, -0.05) is 25.3 Å². The number of Topliss-reactive ketones (excluding diaryl/α,β-unsaturated/α-hetero) is 1. The lowest BCUT2D eigenvalue weighted by Crippen LogP contribution is -2.23. The lowest BCUT2D eigenvalue weighted by atomic mass is 9.80. The third-order valence-electron chi connectivity index (χ3n) is 3.93. The van der Waals surface area contributed by atoms with Crippen LogP contribution in [0.5, 0.6) is 5.75 Å². The topological polar surface area (TPSA) is 50.1 Å². The fourth-order valence-corrected chi connectivity index (χ4v) is 2.79. The third-order valence-corrected chi connectivity index (χ3v) is 3.93. The Balaban J connectivity index is 2.21. The predicted octanol–water partition coefficient (Wildman–Crippen LogP) is 3.59. The highest BCUT2D eigenvalue weighted by atomic mass is 19.1. The maximum Gasteiger partial charge on any atom is 0.165 e. The number of carbonyl (C=O) groups excluding carboxylic acids is 1. The second-order valence-corrected chi connectivity index (χ2v) is 5.19. The molecule has 0 amide bonds. The second-order valence-electron chi connectivity index (χ2n) is 5.19. The number of halogens is 1. The summed E-state index contributed by atoms with van der Waals surface area (Å²) in [5, 5.41) is 9.27. The van der Waals surface area contributed by atoms with Crippen molar-refractivity contribution in [2.45, 2.75) is 38.0 Å². The molecule has 0 N–H and O–H groups in total. The summed E-state index contributed by atoms with van der Waals surface area (Å²) in [7, 11) is 1.38. The van der Waals surface area contributed by atoms with E-state index in [2.05, 4.69) is 0 Å². The van der Waals surface area contributed by atoms with E-state index >= 15 is 0 Å². The van der Waals surface area contributed by atoms with Gasteiger partial charge in [-0.15, -0.1) is 0 Å². The van der Waals surface area contributed by atoms with E-state index in [1.165, 1.54) is 19.2 Å². The van der Waals surface area contributed by atoms with Gasteiger partial charge in [0.1, 0.15) is 5.92 Å². The smallest absolute Gasteiger partial charge is 0.165 e. The molecule has 1 unspecified atom stereocenters. The van der Waals surface area contributed by atoms with Crippen LogP contribution in [0.25, 0.3) is 0 Å². The molecule has 2 rings (SSSR count). The molecule has 0 aliphatic heterocycles. The van der Waals surface area contributed by atoms with E-state index in [1.54, 1.807) is 6.07 Å². The molecule has 1 aromatic rings. The van der Waals surface area contributed by atoms with E-state index in [4.69, 9.17) is 4.74 Å². The molecule has 0 saturated heterocycles. The molecule has 0 bridgehead atoms. The number of nitriles is 1. The molecule has 0 heterocycles. The lowest BCUT2D eigenvalue weighted by molar-refractivity contribution is -0.124. The van der Waals surface area contributed by atoms with E-state index in [9.17, 15) is 14.4 Å². The zero-order chi connectivity index (χ0) is 14.5. The van der Waals surface area contributed by atoms with Crippen LogP contribution in [0.15, 0.2) is 18.2 Å². The monoisotopic (exact) mass is 275 g/mol. The van der Waals surface area contributed by atoms with Crippen molar-refractivity contribution in [2.24, 2.45) is 5.92 Å². The zero-order valence-corrected chi connectivity index (χ0v) is 11.6. The van der Waals surface area contributed by atoms with Crippen LogP contribution in [-0.2, 0) is 4.79 Å². The summed E-state index contributed by atoms with van der Waals surface area (Å²) in [6.45, 7) is 0. The van der Waals surface area contributed by atoms with E-state index in [0.29, 0.717) is 5.56 Å². The van der Waals surface area contributed by atoms with Crippen molar-refractivity contribution in [3.63, 3.8) is 0 Å². The highest BCUT2D eigenvalue weighted by molar-refractivity contribution is 5.90. The Morgan fingerprint density at radius 3 is 2.65 bits per heavy atom. The Hall–Kier alpha value is -1.89. The molecule has 0 spiro atoms. The molecule has 1 fully saturated rings. The highest BCUT2D eigenvalue weighted by Gasteiger charge is 2.29. The van der Waals surface area contributed by atoms with Gasteiger partial charge in [-0.2, -0.15) is 5.26 Å². The van der Waals surface area contributed by atoms with Crippen molar-refractivity contribution in [3.05, 3.63) is 29.6 Å². The minimum atomic E-state index is -0.876. The molecular formula is C16H18FNO2. The van der Waals surface area contributed by atoms with Gasteiger partial charge in [0.05, 0.1) is 13.2 Å². The standard InChI is InChI=1S/C16H18FNO2/c1-20-15-8-7-12(9-14(15)17)13(10-18)16(19)11-5-3-2-4-6-11/h7-9,11,13H,2-6H2,1H3. The first-order chi connectivity index (χ1) is 9.67. The molecule has 106 valence electrons. The fraction of sp³-hybridized carbons (Fsp3) is 0.500. The van der Waals surface area contributed by atoms with Crippen molar-refractivity contribution in [3.8, 4) is 11.8 Å². The number of methoxy groups -OCH3 is 1. The maximum absolute atomic E-state index is 13.7. The summed E-state index contributed by atoms with van der Waals surface area (Å²) in [6, 6.07) is 6.31. The summed E-state index contributed by atoms with van der Waals surface area (Å²) in [4.78, 5) is 12.4. The Kier molecular flexibility index (Phi) is 4.73. The molecule has 1 saturated carbocycles. The van der Waals surface area contributed by atoms with Crippen LogP contribution in [0.1, 0.15) is 43.6 Å². The van der Waals surface area contributed by atoms with Gasteiger partial charge in [-0.3, -0.25) is 4.79 Å². The average Bonchev–Trinajstić information content (AvgIpc) is 2.49. The minimum absolute atomic E-state index is 0.0569. The first-order valence-electron chi connectivity index (χ1n) is 6.94. The van der Waals surface area contributed by atoms with Crippen LogP contribution in [0.2, 0.25) is 0 Å². The van der Waals surface area contributed by atoms with Crippen molar-refractivity contribution in [2.75, 3.05) is 7.11 Å². The Labute approximate surface area is 118 Å². The number of hydrogen-bond acceptors (Lipinski definition) is 3. The van der Waals surface area contributed by atoms with Crippen LogP contribution in [-0.4, -0.2) is 12.9 Å². The first kappa shape index (κ1) is 14.5. The molecule has 0 radical (unpaired) electrons. The molecular weight excluding hydrogens is 257 g/mol. The van der Waals surface area contributed by atoms with E-state index in [1.807, 2.05) is 6.07 Å². The summed E-state index contributed by atoms with van der Waals surface area (Å²) in [5.41, 5.74) is 0.418. The van der Waals surface area contributed by atoms with Crippen LogP contribution in [0.4, 0.5) is 4.39 Å². The van der Waals surface area contributed by atoms with Crippen LogP contribution >= 0.6 is 0 Å². The molecule has 1 aromatic carbocycles. The molecule has 20 heavy (non-hydrogen) atoms. The van der Waals surface area contributed by atoms with Crippen molar-refractivity contribution < 1.29 is 13.9 Å². The number of carbonyl (C=O) groups is 1. The summed E-state index contributed by atoms with van der Waals surface area (Å²) < 4.78 is 18.6. The van der Waals surface area contributed by atoms with Gasteiger partial charge in [-0.05, 0) is 30.5 Å². The van der Waals surface area contributed by atoms with Gasteiger partial charge < -0.3 is 4.74 Å². The Bertz CT molecular complexity index is 530. The zero-order valence-electron chi connectivity index (χ0n) is 11.6. The van der Waals surface area contributed by atoms with Gasteiger partial charge in [0.2, 0.25) is 0 Å². The largest absolute Gasteiger partial charge is 0.494 e. The second kappa shape index (κ2) is 6.51. The average molecular weight is 275 g/mol. The molecule has 4 heteroatoms. The van der Waals surface area contributed by atoms with Crippen LogP contribution in [0, 0.1) is 23.1 Å². The summed E-state index contributed by atoms with van der Waals surface area (Å²) >= 11 is 0. The maximum atomic E-state index is 13.7. The summed E-state index contributed by atoms with van der Waals surface area (Å²) in [5.74, 6) is -1.42. The van der Waals surface area contributed by atoms with Gasteiger partial charge >= 0.3 is 0 Å². The number of rotatable bonds is 4. The highest BCUT2D eigenvalue weighted by Crippen LogP contribution is 2.31. The Morgan fingerprint density at radius 2 is 2.10 bits per heavy atom. The number of ketones is 1. The van der Waals surface area contributed by atoms with E-state index in [0.717, 1.165) is 32.1 Å². The van der Waals surface area contributed by atoms with Crippen LogP contribution in [0.3, 0.4) is 0 Å².